The molecule has 1 aromatic rings. The van der Waals surface area contributed by atoms with Crippen molar-refractivity contribution in [2.45, 2.75) is 19.4 Å². The number of hydrogen-bond acceptors (Lipinski definition) is 3. The minimum atomic E-state index is -0.669. The molecular weight excluding hydrogens is 210 g/mol. The largest absolute Gasteiger partial charge is 0.481 e. The lowest BCUT2D eigenvalue weighted by atomic mass is 10.1. The second-order valence-corrected chi connectivity index (χ2v) is 4.90. The summed E-state index contributed by atoms with van der Waals surface area (Å²) < 4.78 is 0. The van der Waals surface area contributed by atoms with Crippen molar-refractivity contribution in [3.05, 3.63) is 22.4 Å². The molecule has 1 N–H and O–H groups in total. The van der Waals surface area contributed by atoms with Crippen molar-refractivity contribution in [3.8, 4) is 0 Å². The molecule has 0 aliphatic carbocycles. The van der Waals surface area contributed by atoms with E-state index < -0.39 is 5.97 Å². The van der Waals surface area contributed by atoms with Crippen molar-refractivity contribution in [2.24, 2.45) is 5.92 Å². The van der Waals surface area contributed by atoms with Gasteiger partial charge in [0.25, 0.3) is 0 Å². The Labute approximate surface area is 93.3 Å². The van der Waals surface area contributed by atoms with Crippen LogP contribution in [-0.4, -0.2) is 29.1 Å². The zero-order valence-electron chi connectivity index (χ0n) is 8.56. The van der Waals surface area contributed by atoms with E-state index in [1.54, 1.807) is 11.3 Å². The van der Waals surface area contributed by atoms with Gasteiger partial charge in [0.05, 0.1) is 0 Å². The van der Waals surface area contributed by atoms with Gasteiger partial charge in [0.15, 0.2) is 0 Å². The third-order valence-electron chi connectivity index (χ3n) is 2.82. The summed E-state index contributed by atoms with van der Waals surface area (Å²) in [4.78, 5) is 12.9. The number of likely N-dealkylation sites (tertiary alicyclic amines) is 1. The van der Waals surface area contributed by atoms with E-state index >= 15 is 0 Å². The van der Waals surface area contributed by atoms with Crippen LogP contribution in [0.5, 0.6) is 0 Å². The molecule has 2 heterocycles. The predicted molar refractivity (Wildman–Crippen MR) is 60.0 cm³/mol. The minimum absolute atomic E-state index is 0.320. The summed E-state index contributed by atoms with van der Waals surface area (Å²) in [7, 11) is 0. The standard InChI is InChI=1S/C11H15NO2S/c13-11(14)5-9-1-3-12(6-9)7-10-2-4-15-8-10/h2,4,8-9H,1,3,5-7H2,(H,13,14). The van der Waals surface area contributed by atoms with Crippen LogP contribution < -0.4 is 0 Å². The van der Waals surface area contributed by atoms with Gasteiger partial charge < -0.3 is 5.11 Å². The summed E-state index contributed by atoms with van der Waals surface area (Å²) in [6, 6.07) is 2.13. The molecule has 4 heteroatoms. The van der Waals surface area contributed by atoms with Gasteiger partial charge >= 0.3 is 5.97 Å². The summed E-state index contributed by atoms with van der Waals surface area (Å²) in [5.74, 6) is -0.321. The number of hydrogen-bond donors (Lipinski definition) is 1. The lowest BCUT2D eigenvalue weighted by Gasteiger charge is -2.14. The first-order valence-electron chi connectivity index (χ1n) is 5.19. The second kappa shape index (κ2) is 4.77. The Hall–Kier alpha value is -0.870. The van der Waals surface area contributed by atoms with Crippen molar-refractivity contribution < 1.29 is 9.90 Å². The third-order valence-corrected chi connectivity index (χ3v) is 3.55. The fourth-order valence-corrected chi connectivity index (χ4v) is 2.77. The zero-order chi connectivity index (χ0) is 10.7. The fourth-order valence-electron chi connectivity index (χ4n) is 2.11. The molecule has 0 amide bonds. The molecule has 0 spiro atoms. The van der Waals surface area contributed by atoms with Crippen LogP contribution in [0.15, 0.2) is 16.8 Å². The summed E-state index contributed by atoms with van der Waals surface area (Å²) >= 11 is 1.71. The highest BCUT2D eigenvalue weighted by Gasteiger charge is 2.24. The van der Waals surface area contributed by atoms with Crippen LogP contribution in [0.4, 0.5) is 0 Å². The van der Waals surface area contributed by atoms with Gasteiger partial charge in [0, 0.05) is 19.5 Å². The maximum Gasteiger partial charge on any atom is 0.303 e. The van der Waals surface area contributed by atoms with Crippen LogP contribution in [0.1, 0.15) is 18.4 Å². The number of rotatable bonds is 4. The number of carboxylic acid groups (broad SMARTS) is 1. The SMILES string of the molecule is O=C(O)CC1CCN(Cc2ccsc2)C1. The van der Waals surface area contributed by atoms with Crippen LogP contribution >= 0.6 is 11.3 Å². The van der Waals surface area contributed by atoms with E-state index in [0.29, 0.717) is 12.3 Å². The van der Waals surface area contributed by atoms with Crippen molar-refractivity contribution in [1.82, 2.24) is 4.90 Å². The molecule has 15 heavy (non-hydrogen) atoms. The van der Waals surface area contributed by atoms with Crippen molar-refractivity contribution in [1.29, 1.82) is 0 Å². The van der Waals surface area contributed by atoms with Gasteiger partial charge in [0.1, 0.15) is 0 Å². The van der Waals surface area contributed by atoms with Gasteiger partial charge in [-0.25, -0.2) is 0 Å². The maximum absolute atomic E-state index is 10.6. The lowest BCUT2D eigenvalue weighted by molar-refractivity contribution is -0.138. The minimum Gasteiger partial charge on any atom is -0.481 e. The number of aliphatic carboxylic acids is 1. The molecule has 0 aromatic carbocycles. The summed E-state index contributed by atoms with van der Waals surface area (Å²) in [6.45, 7) is 2.94. The molecule has 1 aliphatic heterocycles. The highest BCUT2D eigenvalue weighted by atomic mass is 32.1. The molecule has 1 aliphatic rings. The molecule has 2 rings (SSSR count). The van der Waals surface area contributed by atoms with Gasteiger partial charge in [-0.2, -0.15) is 11.3 Å². The van der Waals surface area contributed by atoms with Crippen molar-refractivity contribution >= 4 is 17.3 Å². The maximum atomic E-state index is 10.6. The molecule has 0 bridgehead atoms. The lowest BCUT2D eigenvalue weighted by Crippen LogP contribution is -2.20. The molecule has 82 valence electrons. The molecule has 1 aromatic heterocycles. The van der Waals surface area contributed by atoms with Gasteiger partial charge in [-0.05, 0) is 41.3 Å². The van der Waals surface area contributed by atoms with E-state index in [0.717, 1.165) is 26.1 Å². The van der Waals surface area contributed by atoms with E-state index in [2.05, 4.69) is 21.7 Å². The molecule has 0 saturated carbocycles. The molecule has 3 nitrogen and oxygen atoms in total. The van der Waals surface area contributed by atoms with E-state index in [-0.39, 0.29) is 0 Å². The molecule has 1 fully saturated rings. The first kappa shape index (κ1) is 10.6. The normalized spacial score (nSPS) is 22.0. The van der Waals surface area contributed by atoms with Crippen LogP contribution in [-0.2, 0) is 11.3 Å². The highest BCUT2D eigenvalue weighted by Crippen LogP contribution is 2.21. The third kappa shape index (κ3) is 3.04. The number of nitrogens with zero attached hydrogens (tertiary/aromatic N) is 1. The van der Waals surface area contributed by atoms with E-state index in [4.69, 9.17) is 5.11 Å². The average molecular weight is 225 g/mol. The topological polar surface area (TPSA) is 40.5 Å². The number of carbonyl (C=O) groups is 1. The smallest absolute Gasteiger partial charge is 0.303 e. The number of thiophene rings is 1. The Kier molecular flexibility index (Phi) is 3.38. The average Bonchev–Trinajstić information content (AvgIpc) is 2.77. The molecule has 1 atom stereocenters. The first-order chi connectivity index (χ1) is 7.24. The summed E-state index contributed by atoms with van der Waals surface area (Å²) in [5, 5.41) is 12.9. The molecular formula is C11H15NO2S. The number of carboxylic acids is 1. The Morgan fingerprint density at radius 1 is 1.67 bits per heavy atom. The second-order valence-electron chi connectivity index (χ2n) is 4.12. The van der Waals surface area contributed by atoms with Crippen molar-refractivity contribution in [3.63, 3.8) is 0 Å². The summed E-state index contributed by atoms with van der Waals surface area (Å²) in [6.07, 6.45) is 1.34. The van der Waals surface area contributed by atoms with Crippen molar-refractivity contribution in [2.75, 3.05) is 13.1 Å². The van der Waals surface area contributed by atoms with Gasteiger partial charge in [-0.3, -0.25) is 9.69 Å². The molecule has 0 radical (unpaired) electrons. The Bertz CT molecular complexity index is 323. The van der Waals surface area contributed by atoms with Crippen LogP contribution in [0.25, 0.3) is 0 Å². The first-order valence-corrected chi connectivity index (χ1v) is 6.13. The van der Waals surface area contributed by atoms with E-state index in [1.807, 2.05) is 0 Å². The zero-order valence-corrected chi connectivity index (χ0v) is 9.37. The molecule has 1 unspecified atom stereocenters. The van der Waals surface area contributed by atoms with Crippen LogP contribution in [0.2, 0.25) is 0 Å². The molecule has 1 saturated heterocycles. The Morgan fingerprint density at radius 3 is 3.20 bits per heavy atom. The van der Waals surface area contributed by atoms with Crippen LogP contribution in [0.3, 0.4) is 0 Å². The summed E-state index contributed by atoms with van der Waals surface area (Å²) in [5.41, 5.74) is 1.34. The van der Waals surface area contributed by atoms with Gasteiger partial charge in [-0.1, -0.05) is 0 Å². The monoisotopic (exact) mass is 225 g/mol. The Balaban J connectivity index is 1.80. The van der Waals surface area contributed by atoms with E-state index in [1.165, 1.54) is 5.56 Å². The van der Waals surface area contributed by atoms with Crippen LogP contribution in [0, 0.1) is 5.92 Å². The van der Waals surface area contributed by atoms with E-state index in [9.17, 15) is 4.79 Å². The Morgan fingerprint density at radius 2 is 2.53 bits per heavy atom. The predicted octanol–water partition coefficient (Wildman–Crippen LogP) is 2.04. The van der Waals surface area contributed by atoms with Gasteiger partial charge in [-0.15, -0.1) is 0 Å². The fraction of sp³-hybridized carbons (Fsp3) is 0.545. The van der Waals surface area contributed by atoms with Gasteiger partial charge in [0.2, 0.25) is 0 Å². The quantitative estimate of drug-likeness (QED) is 0.852. The highest BCUT2D eigenvalue weighted by molar-refractivity contribution is 7.07.